The van der Waals surface area contributed by atoms with Crippen LogP contribution < -0.4 is 4.74 Å². The molecule has 2 aromatic rings. The molecule has 0 bridgehead atoms. The first-order valence-corrected chi connectivity index (χ1v) is 9.19. The molecule has 1 fully saturated rings. The number of fused-ring (bicyclic) bond motifs is 4. The molecule has 0 N–H and O–H groups in total. The lowest BCUT2D eigenvalue weighted by Gasteiger charge is -2.20. The summed E-state index contributed by atoms with van der Waals surface area (Å²) in [6.07, 6.45) is 6.50. The molecule has 3 aliphatic carbocycles. The van der Waals surface area contributed by atoms with E-state index in [9.17, 15) is 4.39 Å². The van der Waals surface area contributed by atoms with E-state index in [0.717, 1.165) is 36.7 Å². The lowest BCUT2D eigenvalue weighted by atomic mass is 10.0. The monoisotopic (exact) mass is 338 g/mol. The van der Waals surface area contributed by atoms with Crippen LogP contribution >= 0.6 is 0 Å². The van der Waals surface area contributed by atoms with Gasteiger partial charge < -0.3 is 9.64 Å². The van der Waals surface area contributed by atoms with Crippen molar-refractivity contribution in [3.05, 3.63) is 58.0 Å². The number of halogens is 1. The zero-order valence-electron chi connectivity index (χ0n) is 14.8. The summed E-state index contributed by atoms with van der Waals surface area (Å²) in [5.41, 5.74) is 5.77. The zero-order valence-corrected chi connectivity index (χ0v) is 14.8. The van der Waals surface area contributed by atoms with E-state index in [0.29, 0.717) is 17.5 Å². The van der Waals surface area contributed by atoms with Crippen LogP contribution in [0.1, 0.15) is 52.6 Å². The van der Waals surface area contributed by atoms with Gasteiger partial charge in [-0.1, -0.05) is 0 Å². The van der Waals surface area contributed by atoms with E-state index >= 15 is 0 Å². The summed E-state index contributed by atoms with van der Waals surface area (Å²) in [7, 11) is 4.11. The second-order valence-corrected chi connectivity index (χ2v) is 7.98. The van der Waals surface area contributed by atoms with Gasteiger partial charge in [-0.15, -0.1) is 0 Å². The average molecular weight is 338 g/mol. The summed E-state index contributed by atoms with van der Waals surface area (Å²) >= 11 is 0. The van der Waals surface area contributed by atoms with E-state index in [1.165, 1.54) is 23.1 Å². The smallest absolute Gasteiger partial charge is 0.213 e. The van der Waals surface area contributed by atoms with E-state index in [4.69, 9.17) is 4.74 Å². The molecule has 3 atom stereocenters. The summed E-state index contributed by atoms with van der Waals surface area (Å²) in [4.78, 5) is 6.60. The minimum Gasteiger partial charge on any atom is -0.473 e. The molecular formula is C21H23FN2O. The van der Waals surface area contributed by atoms with Crippen molar-refractivity contribution < 1.29 is 9.13 Å². The summed E-state index contributed by atoms with van der Waals surface area (Å²) in [6, 6.07) is 6.06. The van der Waals surface area contributed by atoms with Crippen molar-refractivity contribution in [2.45, 2.75) is 44.2 Å². The summed E-state index contributed by atoms with van der Waals surface area (Å²) in [5.74, 6) is 2.03. The number of hydrogen-bond acceptors (Lipinski definition) is 3. The molecule has 1 saturated carbocycles. The lowest BCUT2D eigenvalue weighted by molar-refractivity contribution is 0.286. The molecule has 0 radical (unpaired) electrons. The van der Waals surface area contributed by atoms with E-state index in [1.807, 2.05) is 12.3 Å². The molecule has 1 heterocycles. The first-order valence-electron chi connectivity index (χ1n) is 9.19. The second kappa shape index (κ2) is 5.53. The SMILES string of the molecule is CN(C)C1CCc2cc(COc3cc4c(cn3)C3CC3C4)c(F)cc21. The fourth-order valence-electron chi connectivity index (χ4n) is 4.67. The average Bonchev–Trinajstić information content (AvgIpc) is 3.08. The minimum atomic E-state index is -0.171. The molecule has 3 nitrogen and oxygen atoms in total. The van der Waals surface area contributed by atoms with Gasteiger partial charge in [-0.2, -0.15) is 0 Å². The van der Waals surface area contributed by atoms with Gasteiger partial charge >= 0.3 is 0 Å². The number of benzene rings is 1. The van der Waals surface area contributed by atoms with Gasteiger partial charge in [0, 0.05) is 23.9 Å². The molecule has 0 amide bonds. The molecule has 130 valence electrons. The number of nitrogens with zero attached hydrogens (tertiary/aromatic N) is 2. The van der Waals surface area contributed by atoms with Crippen molar-refractivity contribution in [3.8, 4) is 5.88 Å². The Balaban J connectivity index is 1.33. The van der Waals surface area contributed by atoms with Gasteiger partial charge in [0.05, 0.1) is 0 Å². The third kappa shape index (κ3) is 2.54. The van der Waals surface area contributed by atoms with Gasteiger partial charge in [0.1, 0.15) is 12.4 Å². The number of hydrogen-bond donors (Lipinski definition) is 0. The third-order valence-electron chi connectivity index (χ3n) is 6.16. The number of aromatic nitrogens is 1. The topological polar surface area (TPSA) is 25.4 Å². The van der Waals surface area contributed by atoms with Crippen LogP contribution in [0.25, 0.3) is 0 Å². The minimum absolute atomic E-state index is 0.171. The standard InChI is InChI=1S/C21H23FN2O/c1-24(2)20-4-3-12-5-15(19(22)9-17(12)20)11-25-21-8-14-6-13-7-16(13)18(14)10-23-21/h5,8-10,13,16,20H,3-4,6-7,11H2,1-2H3. The van der Waals surface area contributed by atoms with E-state index in [2.05, 4.69) is 30.0 Å². The van der Waals surface area contributed by atoms with Crippen LogP contribution in [0.2, 0.25) is 0 Å². The Morgan fingerprint density at radius 2 is 2.08 bits per heavy atom. The Morgan fingerprint density at radius 1 is 1.20 bits per heavy atom. The molecule has 3 unspecified atom stereocenters. The summed E-state index contributed by atoms with van der Waals surface area (Å²) < 4.78 is 20.4. The first kappa shape index (κ1) is 15.3. The van der Waals surface area contributed by atoms with Crippen molar-refractivity contribution in [2.75, 3.05) is 14.1 Å². The van der Waals surface area contributed by atoms with Gasteiger partial charge in [0.25, 0.3) is 0 Å². The Hall–Kier alpha value is -1.94. The highest BCUT2D eigenvalue weighted by Gasteiger charge is 2.45. The molecule has 25 heavy (non-hydrogen) atoms. The van der Waals surface area contributed by atoms with E-state index in [1.54, 1.807) is 6.07 Å². The Labute approximate surface area is 147 Å². The molecule has 0 saturated heterocycles. The number of pyridine rings is 1. The van der Waals surface area contributed by atoms with E-state index < -0.39 is 0 Å². The van der Waals surface area contributed by atoms with Crippen LogP contribution in [0.3, 0.4) is 0 Å². The molecule has 3 aliphatic rings. The molecule has 0 spiro atoms. The molecule has 1 aromatic heterocycles. The third-order valence-corrected chi connectivity index (χ3v) is 6.16. The molecule has 1 aromatic carbocycles. The van der Waals surface area contributed by atoms with Gasteiger partial charge in [-0.05, 0) is 86.0 Å². The lowest BCUT2D eigenvalue weighted by Crippen LogP contribution is -2.17. The Morgan fingerprint density at radius 3 is 2.92 bits per heavy atom. The quantitative estimate of drug-likeness (QED) is 0.842. The maximum absolute atomic E-state index is 14.5. The predicted molar refractivity (Wildman–Crippen MR) is 94.3 cm³/mol. The maximum Gasteiger partial charge on any atom is 0.213 e. The van der Waals surface area contributed by atoms with Crippen molar-refractivity contribution in [3.63, 3.8) is 0 Å². The van der Waals surface area contributed by atoms with Crippen LogP contribution in [0.5, 0.6) is 5.88 Å². The van der Waals surface area contributed by atoms with Crippen molar-refractivity contribution in [2.24, 2.45) is 5.92 Å². The Bertz CT molecular complexity index is 848. The highest BCUT2D eigenvalue weighted by Crippen LogP contribution is 2.56. The predicted octanol–water partition coefficient (Wildman–Crippen LogP) is 4.01. The molecule has 0 aliphatic heterocycles. The normalized spacial score (nSPS) is 25.7. The van der Waals surface area contributed by atoms with Gasteiger partial charge in [-0.3, -0.25) is 0 Å². The van der Waals surface area contributed by atoms with Crippen LogP contribution in [0.4, 0.5) is 4.39 Å². The molecule has 4 heteroatoms. The van der Waals surface area contributed by atoms with Crippen LogP contribution in [0, 0.1) is 11.7 Å². The second-order valence-electron chi connectivity index (χ2n) is 7.98. The van der Waals surface area contributed by atoms with Crippen LogP contribution in [-0.4, -0.2) is 24.0 Å². The summed E-state index contributed by atoms with van der Waals surface area (Å²) in [6.45, 7) is 0.240. The Kier molecular flexibility index (Phi) is 3.39. The maximum atomic E-state index is 14.5. The number of ether oxygens (including phenoxy) is 1. The van der Waals surface area contributed by atoms with Crippen LogP contribution in [-0.2, 0) is 19.4 Å². The van der Waals surface area contributed by atoms with Crippen molar-refractivity contribution in [1.82, 2.24) is 9.88 Å². The summed E-state index contributed by atoms with van der Waals surface area (Å²) in [5, 5.41) is 0. The number of aryl methyl sites for hydroxylation is 1. The highest BCUT2D eigenvalue weighted by atomic mass is 19.1. The zero-order chi connectivity index (χ0) is 17.1. The fraction of sp³-hybridized carbons (Fsp3) is 0.476. The van der Waals surface area contributed by atoms with Crippen LogP contribution in [0.15, 0.2) is 24.4 Å². The van der Waals surface area contributed by atoms with Gasteiger partial charge in [0.2, 0.25) is 5.88 Å². The van der Waals surface area contributed by atoms with Crippen molar-refractivity contribution in [1.29, 1.82) is 0 Å². The largest absolute Gasteiger partial charge is 0.473 e. The van der Waals surface area contributed by atoms with Crippen molar-refractivity contribution >= 4 is 0 Å². The molecular weight excluding hydrogens is 315 g/mol. The van der Waals surface area contributed by atoms with Gasteiger partial charge in [0.15, 0.2) is 0 Å². The molecule has 5 rings (SSSR count). The highest BCUT2D eigenvalue weighted by molar-refractivity contribution is 5.42. The number of rotatable bonds is 4. The fourth-order valence-corrected chi connectivity index (χ4v) is 4.67. The van der Waals surface area contributed by atoms with Gasteiger partial charge in [-0.25, -0.2) is 9.37 Å². The van der Waals surface area contributed by atoms with E-state index in [-0.39, 0.29) is 12.4 Å². The first-order chi connectivity index (χ1) is 12.1.